The van der Waals surface area contributed by atoms with Gasteiger partial charge in [0.15, 0.2) is 0 Å². The molecule has 0 amide bonds. The van der Waals surface area contributed by atoms with Gasteiger partial charge in [0.25, 0.3) is 0 Å². The lowest BCUT2D eigenvalue weighted by Gasteiger charge is -2.18. The highest BCUT2D eigenvalue weighted by molar-refractivity contribution is 6.27. The summed E-state index contributed by atoms with van der Waals surface area (Å²) in [5.74, 6) is 0. The van der Waals surface area contributed by atoms with E-state index in [2.05, 4.69) is 24.3 Å². The van der Waals surface area contributed by atoms with Crippen molar-refractivity contribution in [2.75, 3.05) is 0 Å². The number of rotatable bonds is 3. The Labute approximate surface area is 287 Å². The fourth-order valence-corrected chi connectivity index (χ4v) is 6.92. The highest BCUT2D eigenvalue weighted by Crippen LogP contribution is 2.47. The molecule has 0 aliphatic carbocycles. The Morgan fingerprint density at radius 2 is 1.02 bits per heavy atom. The molecule has 10 rings (SSSR count). The molecule has 0 unspecified atom stereocenters. The summed E-state index contributed by atoms with van der Waals surface area (Å²) in [5, 5.41) is 6.29. The molecular weight excluding hydrogens is 569 g/mol. The Morgan fingerprint density at radius 1 is 0.404 bits per heavy atom. The molecule has 0 N–H and O–H groups in total. The molecule has 0 fully saturated rings. The summed E-state index contributed by atoms with van der Waals surface area (Å²) in [5.41, 5.74) is 3.01. The largest absolute Gasteiger partial charge is 0.455 e. The van der Waals surface area contributed by atoms with Crippen LogP contribution in [0.2, 0.25) is 0 Å². The first-order valence-electron chi connectivity index (χ1n) is 20.8. The maximum atomic E-state index is 9.47. The summed E-state index contributed by atoms with van der Waals surface area (Å²) in [4.78, 5) is 0. The molecule has 0 saturated carbocycles. The zero-order valence-electron chi connectivity index (χ0n) is 35.7. The monoisotopic (exact) mass is 607 g/mol. The van der Waals surface area contributed by atoms with Crippen LogP contribution in [0.15, 0.2) is 174 Å². The second kappa shape index (κ2) is 10.2. The van der Waals surface area contributed by atoms with Gasteiger partial charge in [0.05, 0.1) is 15.1 Å². The summed E-state index contributed by atoms with van der Waals surface area (Å²) in [6, 6.07) is 27.4. The number of hydrogen-bond donors (Lipinski definition) is 0. The lowest BCUT2D eigenvalue weighted by atomic mass is 9.84. The number of hydrogen-bond acceptors (Lipinski definition) is 1. The maximum Gasteiger partial charge on any atom is 0.143 e. The first kappa shape index (κ1) is 17.5. The summed E-state index contributed by atoms with van der Waals surface area (Å²) in [7, 11) is 0. The van der Waals surface area contributed by atoms with Crippen molar-refractivity contribution in [2.24, 2.45) is 0 Å². The smallest absolute Gasteiger partial charge is 0.143 e. The van der Waals surface area contributed by atoms with E-state index in [4.69, 9.17) is 14.0 Å². The molecule has 0 radical (unpaired) electrons. The van der Waals surface area contributed by atoms with Crippen LogP contribution in [-0.2, 0) is 0 Å². The molecule has 0 saturated heterocycles. The minimum Gasteiger partial charge on any atom is -0.455 e. The molecule has 0 atom stereocenters. The van der Waals surface area contributed by atoms with Crippen molar-refractivity contribution in [3.8, 4) is 33.4 Å². The van der Waals surface area contributed by atoms with Gasteiger partial charge in [-0.05, 0) is 89.3 Å². The second-order valence-corrected chi connectivity index (χ2v) is 11.5. The second-order valence-electron chi connectivity index (χ2n) is 11.5. The van der Waals surface area contributed by atoms with Crippen LogP contribution >= 0.6 is 0 Å². The van der Waals surface area contributed by atoms with Crippen LogP contribution in [-0.4, -0.2) is 0 Å². The van der Waals surface area contributed by atoms with Crippen LogP contribution in [0.5, 0.6) is 0 Å². The molecule has 47 heavy (non-hydrogen) atoms. The lowest BCUT2D eigenvalue weighted by Crippen LogP contribution is -1.91. The first-order chi connectivity index (χ1) is 27.9. The molecule has 1 aromatic heterocycles. The Morgan fingerprint density at radius 3 is 1.77 bits per heavy atom. The first-order valence-corrected chi connectivity index (χ1v) is 15.3. The van der Waals surface area contributed by atoms with Crippen LogP contribution in [0.3, 0.4) is 0 Å². The predicted molar refractivity (Wildman–Crippen MR) is 200 cm³/mol. The predicted octanol–water partition coefficient (Wildman–Crippen LogP) is 13.2. The third-order valence-corrected chi connectivity index (χ3v) is 8.96. The van der Waals surface area contributed by atoms with E-state index in [1.165, 1.54) is 0 Å². The number of furan rings is 1. The molecule has 1 heteroatoms. The zero-order valence-corrected chi connectivity index (χ0v) is 24.7. The van der Waals surface area contributed by atoms with Crippen molar-refractivity contribution >= 4 is 65.0 Å². The van der Waals surface area contributed by atoms with E-state index >= 15 is 0 Å². The average molecular weight is 608 g/mol. The number of fused-ring (bicyclic) bond motifs is 8. The minimum atomic E-state index is -0.634. The van der Waals surface area contributed by atoms with E-state index in [0.29, 0.717) is 16.3 Å². The SMILES string of the molecule is [2H]c1c([2H])c(-c2c3ccccc3c(-c3cccc4oc5c6ccccc6ccc5c34)c3ccccc23)c([2H])c([2H])c1-c1c([2H])c([2H])c2c([2H])c([2H])c([2H])c([2H])c2c1[2H]. The highest BCUT2D eigenvalue weighted by Gasteiger charge is 2.20. The van der Waals surface area contributed by atoms with E-state index < -0.39 is 77.6 Å². The molecule has 9 aromatic carbocycles. The maximum absolute atomic E-state index is 9.47. The van der Waals surface area contributed by atoms with E-state index in [-0.39, 0.29) is 16.3 Å². The molecule has 218 valence electrons. The molecule has 0 bridgehead atoms. The van der Waals surface area contributed by atoms with Crippen molar-refractivity contribution in [2.45, 2.75) is 0 Å². The minimum absolute atomic E-state index is 0.0167. The van der Waals surface area contributed by atoms with Gasteiger partial charge in [0.2, 0.25) is 0 Å². The fourth-order valence-electron chi connectivity index (χ4n) is 6.92. The van der Waals surface area contributed by atoms with E-state index in [9.17, 15) is 5.48 Å². The molecule has 10 aromatic rings. The van der Waals surface area contributed by atoms with Gasteiger partial charge in [-0.2, -0.15) is 0 Å². The highest BCUT2D eigenvalue weighted by atomic mass is 16.3. The van der Waals surface area contributed by atoms with Gasteiger partial charge in [-0.1, -0.05) is 151 Å². The van der Waals surface area contributed by atoms with Gasteiger partial charge in [0.1, 0.15) is 11.2 Å². The van der Waals surface area contributed by atoms with Crippen molar-refractivity contribution in [3.05, 3.63) is 170 Å². The third-order valence-electron chi connectivity index (χ3n) is 8.96. The molecule has 0 aliphatic rings. The Bertz CT molecular complexity index is 3390. The van der Waals surface area contributed by atoms with Crippen LogP contribution in [0.25, 0.3) is 98.4 Å². The lowest BCUT2D eigenvalue weighted by molar-refractivity contribution is 0.673. The summed E-state index contributed by atoms with van der Waals surface area (Å²) in [6.45, 7) is 0. The molecular formula is C46H28O. The topological polar surface area (TPSA) is 13.1 Å². The molecule has 0 aliphatic heterocycles. The van der Waals surface area contributed by atoms with E-state index in [1.807, 2.05) is 78.9 Å². The molecule has 1 nitrogen and oxygen atoms in total. The van der Waals surface area contributed by atoms with E-state index in [0.717, 1.165) is 54.6 Å². The standard InChI is InChI=1S/C46H28O/c1-2-12-33-28-34(25-22-29(33)10-1)30-20-23-32(24-21-30)43-36-14-5-7-16-38(36)44(39-17-8-6-15-37(39)43)40-18-9-19-42-45(40)41-27-26-31-11-3-4-13-35(31)46(41)47-42/h1-28H/i1D,2D,10D,12D,20D,21D,22D,23D,24D,25D,28D. The summed E-state index contributed by atoms with van der Waals surface area (Å²) in [6.07, 6.45) is 0. The van der Waals surface area contributed by atoms with Gasteiger partial charge in [-0.25, -0.2) is 0 Å². The van der Waals surface area contributed by atoms with Gasteiger partial charge in [-0.15, -0.1) is 0 Å². The summed E-state index contributed by atoms with van der Waals surface area (Å²) < 4.78 is 104. The van der Waals surface area contributed by atoms with E-state index in [1.54, 1.807) is 0 Å². The summed E-state index contributed by atoms with van der Waals surface area (Å²) >= 11 is 0. The molecule has 1 heterocycles. The van der Waals surface area contributed by atoms with Gasteiger partial charge in [0, 0.05) is 16.2 Å². The Hall–Kier alpha value is -6.18. The normalized spacial score (nSPS) is 15.1. The van der Waals surface area contributed by atoms with Crippen LogP contribution in [0, 0.1) is 0 Å². The van der Waals surface area contributed by atoms with Crippen molar-refractivity contribution in [1.82, 2.24) is 0 Å². The number of benzene rings is 9. The van der Waals surface area contributed by atoms with Crippen molar-refractivity contribution in [3.63, 3.8) is 0 Å². The van der Waals surface area contributed by atoms with Gasteiger partial charge >= 0.3 is 0 Å². The van der Waals surface area contributed by atoms with Crippen molar-refractivity contribution < 1.29 is 19.5 Å². The fraction of sp³-hybridized carbons (Fsp3) is 0. The van der Waals surface area contributed by atoms with Crippen LogP contribution in [0.1, 0.15) is 15.1 Å². The Balaban J connectivity index is 1.28. The zero-order chi connectivity index (χ0) is 40.5. The quantitative estimate of drug-likeness (QED) is 0.182. The molecule has 0 spiro atoms. The van der Waals surface area contributed by atoms with Gasteiger partial charge in [-0.3, -0.25) is 0 Å². The Kier molecular flexibility index (Phi) is 3.79. The third kappa shape index (κ3) is 3.97. The van der Waals surface area contributed by atoms with Crippen LogP contribution < -0.4 is 0 Å². The average Bonchev–Trinajstić information content (AvgIpc) is 3.63. The van der Waals surface area contributed by atoms with Gasteiger partial charge < -0.3 is 4.42 Å². The van der Waals surface area contributed by atoms with Crippen molar-refractivity contribution in [1.29, 1.82) is 0 Å². The van der Waals surface area contributed by atoms with Crippen LogP contribution in [0.4, 0.5) is 0 Å².